The smallest absolute Gasteiger partial charge is 0.219 e. The van der Waals surface area contributed by atoms with Crippen LogP contribution in [0, 0.1) is 11.7 Å². The first kappa shape index (κ1) is 22.7. The molecule has 0 aromatic heterocycles. The van der Waals surface area contributed by atoms with Crippen LogP contribution in [-0.2, 0) is 24.3 Å². The standard InChI is InChI=1S/C27H33FN2O2/c1-20(31)30-15-12-21(13-16-30)6-11-27(32)24-8-7-23-3-2-14-29(19-25(23)17-24)18-22-4-9-26(28)10-5-22/h4-5,7-10,17,21H,2-3,6,11-16,18-19H2,1H3. The lowest BCUT2D eigenvalue weighted by atomic mass is 9.89. The van der Waals surface area contributed by atoms with Gasteiger partial charge in [-0.15, -0.1) is 0 Å². The van der Waals surface area contributed by atoms with Gasteiger partial charge < -0.3 is 4.90 Å². The zero-order valence-corrected chi connectivity index (χ0v) is 19.0. The summed E-state index contributed by atoms with van der Waals surface area (Å²) in [4.78, 5) is 28.7. The van der Waals surface area contributed by atoms with E-state index in [1.165, 1.54) is 23.3 Å². The maximum absolute atomic E-state index is 13.2. The Kier molecular flexibility index (Phi) is 7.36. The van der Waals surface area contributed by atoms with Crippen LogP contribution in [0.15, 0.2) is 42.5 Å². The second-order valence-corrected chi connectivity index (χ2v) is 9.34. The number of likely N-dealkylation sites (tertiary alicyclic amines) is 1. The maximum atomic E-state index is 13.2. The van der Waals surface area contributed by atoms with Gasteiger partial charge in [-0.1, -0.05) is 24.3 Å². The van der Waals surface area contributed by atoms with Crippen molar-refractivity contribution in [2.45, 2.75) is 58.5 Å². The molecule has 0 radical (unpaired) electrons. The molecule has 32 heavy (non-hydrogen) atoms. The third kappa shape index (κ3) is 5.83. The van der Waals surface area contributed by atoms with Crippen LogP contribution in [0.1, 0.15) is 66.1 Å². The predicted molar refractivity (Wildman–Crippen MR) is 124 cm³/mol. The van der Waals surface area contributed by atoms with Crippen LogP contribution in [0.4, 0.5) is 4.39 Å². The van der Waals surface area contributed by atoms with Gasteiger partial charge in [-0.3, -0.25) is 14.5 Å². The lowest BCUT2D eigenvalue weighted by Gasteiger charge is -2.31. The molecule has 0 spiro atoms. The fourth-order valence-corrected chi connectivity index (χ4v) is 5.00. The molecule has 0 aliphatic carbocycles. The van der Waals surface area contributed by atoms with Crippen LogP contribution in [0.5, 0.6) is 0 Å². The molecule has 2 heterocycles. The Morgan fingerprint density at radius 3 is 2.47 bits per heavy atom. The lowest BCUT2D eigenvalue weighted by molar-refractivity contribution is -0.130. The summed E-state index contributed by atoms with van der Waals surface area (Å²) >= 11 is 0. The number of piperidine rings is 1. The second kappa shape index (κ2) is 10.4. The van der Waals surface area contributed by atoms with Gasteiger partial charge in [0.25, 0.3) is 0 Å². The van der Waals surface area contributed by atoms with Crippen molar-refractivity contribution in [1.82, 2.24) is 9.80 Å². The first-order valence-electron chi connectivity index (χ1n) is 11.9. The van der Waals surface area contributed by atoms with Crippen molar-refractivity contribution in [3.63, 3.8) is 0 Å². The molecular weight excluding hydrogens is 403 g/mol. The van der Waals surface area contributed by atoms with Crippen LogP contribution >= 0.6 is 0 Å². The normalized spacial score (nSPS) is 17.6. The highest BCUT2D eigenvalue weighted by atomic mass is 19.1. The number of halogens is 1. The quantitative estimate of drug-likeness (QED) is 0.599. The average molecular weight is 437 g/mol. The Bertz CT molecular complexity index is 949. The molecule has 5 heteroatoms. The van der Waals surface area contributed by atoms with Crippen molar-refractivity contribution in [2.24, 2.45) is 5.92 Å². The zero-order valence-electron chi connectivity index (χ0n) is 19.0. The molecule has 2 aromatic rings. The van der Waals surface area contributed by atoms with Crippen LogP contribution in [0.2, 0.25) is 0 Å². The van der Waals surface area contributed by atoms with Gasteiger partial charge in [-0.05, 0) is 79.5 Å². The summed E-state index contributed by atoms with van der Waals surface area (Å²) in [5.41, 5.74) is 4.50. The van der Waals surface area contributed by atoms with E-state index in [0.29, 0.717) is 12.3 Å². The number of ketones is 1. The second-order valence-electron chi connectivity index (χ2n) is 9.34. The van der Waals surface area contributed by atoms with Gasteiger partial charge in [0.1, 0.15) is 5.82 Å². The van der Waals surface area contributed by atoms with Gasteiger partial charge in [0.05, 0.1) is 0 Å². The van der Waals surface area contributed by atoms with Gasteiger partial charge >= 0.3 is 0 Å². The number of hydrogen-bond donors (Lipinski definition) is 0. The van der Waals surface area contributed by atoms with Crippen molar-refractivity contribution in [2.75, 3.05) is 19.6 Å². The number of amides is 1. The molecule has 1 amide bonds. The number of nitrogens with zero attached hydrogens (tertiary/aromatic N) is 2. The average Bonchev–Trinajstić information content (AvgIpc) is 3.00. The molecule has 0 bridgehead atoms. The van der Waals surface area contributed by atoms with E-state index in [1.807, 2.05) is 23.1 Å². The number of carbonyl (C=O) groups excluding carboxylic acids is 2. The molecule has 170 valence electrons. The van der Waals surface area contributed by atoms with Crippen LogP contribution < -0.4 is 0 Å². The van der Waals surface area contributed by atoms with E-state index < -0.39 is 0 Å². The number of Topliss-reactive ketones (excluding diaryl/α,β-unsaturated/α-hetero) is 1. The molecule has 2 aliphatic rings. The van der Waals surface area contributed by atoms with E-state index in [9.17, 15) is 14.0 Å². The molecule has 1 fully saturated rings. The first-order chi connectivity index (χ1) is 15.5. The lowest BCUT2D eigenvalue weighted by Crippen LogP contribution is -2.37. The Morgan fingerprint density at radius 1 is 1.00 bits per heavy atom. The number of hydrogen-bond acceptors (Lipinski definition) is 3. The van der Waals surface area contributed by atoms with Crippen molar-refractivity contribution >= 4 is 11.7 Å². The van der Waals surface area contributed by atoms with E-state index >= 15 is 0 Å². The molecule has 4 nitrogen and oxygen atoms in total. The molecule has 4 rings (SSSR count). The SMILES string of the molecule is CC(=O)N1CCC(CCC(=O)c2ccc3c(c2)CN(Cc2ccc(F)cc2)CCC3)CC1. The summed E-state index contributed by atoms with van der Waals surface area (Å²) in [6, 6.07) is 13.0. The third-order valence-corrected chi connectivity index (χ3v) is 7.00. The highest BCUT2D eigenvalue weighted by Crippen LogP contribution is 2.25. The van der Waals surface area contributed by atoms with Crippen molar-refractivity contribution in [3.05, 3.63) is 70.5 Å². The predicted octanol–water partition coefficient (Wildman–Crippen LogP) is 5.00. The molecule has 0 saturated carbocycles. The first-order valence-corrected chi connectivity index (χ1v) is 11.9. The van der Waals surface area contributed by atoms with Crippen LogP contribution in [0.3, 0.4) is 0 Å². The van der Waals surface area contributed by atoms with Gasteiger partial charge in [0, 0.05) is 45.1 Å². The van der Waals surface area contributed by atoms with E-state index in [0.717, 1.165) is 76.0 Å². The Morgan fingerprint density at radius 2 is 1.75 bits per heavy atom. The van der Waals surface area contributed by atoms with E-state index in [1.54, 1.807) is 6.92 Å². The Balaban J connectivity index is 1.35. The molecule has 0 N–H and O–H groups in total. The van der Waals surface area contributed by atoms with E-state index in [2.05, 4.69) is 17.0 Å². The molecule has 2 aliphatic heterocycles. The molecule has 1 saturated heterocycles. The van der Waals surface area contributed by atoms with Crippen LogP contribution in [0.25, 0.3) is 0 Å². The largest absolute Gasteiger partial charge is 0.343 e. The molecule has 0 unspecified atom stereocenters. The number of benzene rings is 2. The highest BCUT2D eigenvalue weighted by Gasteiger charge is 2.22. The van der Waals surface area contributed by atoms with E-state index in [4.69, 9.17) is 0 Å². The van der Waals surface area contributed by atoms with Crippen molar-refractivity contribution in [1.29, 1.82) is 0 Å². The van der Waals surface area contributed by atoms with E-state index in [-0.39, 0.29) is 17.5 Å². The maximum Gasteiger partial charge on any atom is 0.219 e. The molecular formula is C27H33FN2O2. The van der Waals surface area contributed by atoms with Gasteiger partial charge in [0.2, 0.25) is 5.91 Å². The Labute approximate surface area is 190 Å². The van der Waals surface area contributed by atoms with Gasteiger partial charge in [-0.2, -0.15) is 0 Å². The number of aryl methyl sites for hydroxylation is 1. The summed E-state index contributed by atoms with van der Waals surface area (Å²) in [5, 5.41) is 0. The Hall–Kier alpha value is -2.53. The van der Waals surface area contributed by atoms with Crippen molar-refractivity contribution in [3.8, 4) is 0 Å². The molecule has 2 aromatic carbocycles. The summed E-state index contributed by atoms with van der Waals surface area (Å²) in [6.07, 6.45) is 5.57. The third-order valence-electron chi connectivity index (χ3n) is 7.00. The molecule has 0 atom stereocenters. The summed E-state index contributed by atoms with van der Waals surface area (Å²) in [6.45, 7) is 5.86. The van der Waals surface area contributed by atoms with Crippen LogP contribution in [-0.4, -0.2) is 41.1 Å². The fourth-order valence-electron chi connectivity index (χ4n) is 5.00. The monoisotopic (exact) mass is 436 g/mol. The number of carbonyl (C=O) groups is 2. The summed E-state index contributed by atoms with van der Waals surface area (Å²) < 4.78 is 13.2. The minimum absolute atomic E-state index is 0.151. The summed E-state index contributed by atoms with van der Waals surface area (Å²) in [5.74, 6) is 0.693. The summed E-state index contributed by atoms with van der Waals surface area (Å²) in [7, 11) is 0. The highest BCUT2D eigenvalue weighted by molar-refractivity contribution is 5.96. The number of rotatable bonds is 6. The van der Waals surface area contributed by atoms with Gasteiger partial charge in [0.15, 0.2) is 5.78 Å². The number of fused-ring (bicyclic) bond motifs is 1. The zero-order chi connectivity index (χ0) is 22.5. The minimum Gasteiger partial charge on any atom is -0.343 e. The topological polar surface area (TPSA) is 40.6 Å². The van der Waals surface area contributed by atoms with Crippen molar-refractivity contribution < 1.29 is 14.0 Å². The minimum atomic E-state index is -0.206. The fraction of sp³-hybridized carbons (Fsp3) is 0.481. The van der Waals surface area contributed by atoms with Gasteiger partial charge in [-0.25, -0.2) is 4.39 Å².